The summed E-state index contributed by atoms with van der Waals surface area (Å²) in [5, 5.41) is 0. The van der Waals surface area contributed by atoms with E-state index in [1.54, 1.807) is 6.92 Å². The Morgan fingerprint density at radius 1 is 0.778 bits per heavy atom. The summed E-state index contributed by atoms with van der Waals surface area (Å²) in [4.78, 5) is 11.6. The van der Waals surface area contributed by atoms with Gasteiger partial charge in [-0.2, -0.15) is 0 Å². The first-order valence-electron chi connectivity index (χ1n) is 8.77. The molecule has 4 heteroatoms. The third kappa shape index (κ3) is 5.69. The van der Waals surface area contributed by atoms with Crippen LogP contribution < -0.4 is 9.47 Å². The van der Waals surface area contributed by atoms with E-state index >= 15 is 0 Å². The molecule has 0 N–H and O–H groups in total. The predicted octanol–water partition coefficient (Wildman–Crippen LogP) is 5.74. The Morgan fingerprint density at radius 2 is 1.22 bits per heavy atom. The second-order valence-corrected chi connectivity index (χ2v) is 7.13. The summed E-state index contributed by atoms with van der Waals surface area (Å²) in [5.74, 6) is 1.43. The van der Waals surface area contributed by atoms with Gasteiger partial charge in [0.25, 0.3) is 0 Å². The van der Waals surface area contributed by atoms with E-state index in [0.29, 0.717) is 31.1 Å². The molecule has 0 bridgehead atoms. The molecule has 0 amide bonds. The Morgan fingerprint density at radius 3 is 1.63 bits per heavy atom. The molecule has 138 valence electrons. The van der Waals surface area contributed by atoms with Crippen LogP contribution in [0.15, 0.2) is 77.3 Å². The summed E-state index contributed by atoms with van der Waals surface area (Å²) < 4.78 is 12.8. The number of rotatable bonds is 8. The molecule has 0 aliphatic heterocycles. The minimum absolute atomic E-state index is 0.0975. The van der Waals surface area contributed by atoms with E-state index in [1.165, 1.54) is 0 Å². The van der Waals surface area contributed by atoms with E-state index in [0.717, 1.165) is 21.2 Å². The molecule has 0 saturated carbocycles. The molecule has 0 aliphatic rings. The highest BCUT2D eigenvalue weighted by Crippen LogP contribution is 2.37. The summed E-state index contributed by atoms with van der Waals surface area (Å²) in [6.07, 6.45) is 0.344. The van der Waals surface area contributed by atoms with E-state index < -0.39 is 0 Å². The number of ketones is 1. The first-order valence-corrected chi connectivity index (χ1v) is 9.56. The van der Waals surface area contributed by atoms with Crippen molar-refractivity contribution in [1.29, 1.82) is 0 Å². The number of halogens is 1. The van der Waals surface area contributed by atoms with Crippen molar-refractivity contribution in [2.24, 2.45) is 0 Å². The second-order valence-electron chi connectivity index (χ2n) is 6.33. The number of hydrogen-bond donors (Lipinski definition) is 0. The van der Waals surface area contributed by atoms with E-state index in [4.69, 9.17) is 9.47 Å². The van der Waals surface area contributed by atoms with Gasteiger partial charge < -0.3 is 9.47 Å². The molecule has 0 fully saturated rings. The van der Waals surface area contributed by atoms with Gasteiger partial charge in [-0.3, -0.25) is 4.79 Å². The van der Waals surface area contributed by atoms with E-state index in [9.17, 15) is 4.79 Å². The van der Waals surface area contributed by atoms with Crippen molar-refractivity contribution in [3.05, 3.63) is 94.0 Å². The highest BCUT2D eigenvalue weighted by Gasteiger charge is 2.13. The topological polar surface area (TPSA) is 35.5 Å². The highest BCUT2D eigenvalue weighted by molar-refractivity contribution is 9.10. The van der Waals surface area contributed by atoms with Crippen LogP contribution in [0, 0.1) is 0 Å². The molecule has 0 saturated heterocycles. The number of benzene rings is 3. The van der Waals surface area contributed by atoms with Gasteiger partial charge in [0.05, 0.1) is 0 Å². The smallest absolute Gasteiger partial charge is 0.138 e. The lowest BCUT2D eigenvalue weighted by molar-refractivity contribution is -0.116. The second kappa shape index (κ2) is 9.38. The number of carbonyl (C=O) groups excluding carboxylic acids is 1. The van der Waals surface area contributed by atoms with Gasteiger partial charge in [0.15, 0.2) is 0 Å². The average Bonchev–Trinajstić information content (AvgIpc) is 2.68. The van der Waals surface area contributed by atoms with Crippen molar-refractivity contribution in [3.63, 3.8) is 0 Å². The predicted molar refractivity (Wildman–Crippen MR) is 110 cm³/mol. The zero-order valence-electron chi connectivity index (χ0n) is 15.2. The van der Waals surface area contributed by atoms with Gasteiger partial charge in [-0.1, -0.05) is 60.7 Å². The van der Waals surface area contributed by atoms with Gasteiger partial charge in [0, 0.05) is 6.42 Å². The van der Waals surface area contributed by atoms with Crippen LogP contribution in [-0.4, -0.2) is 5.78 Å². The Hall–Kier alpha value is -2.59. The lowest BCUT2D eigenvalue weighted by atomic mass is 10.1. The quantitative estimate of drug-likeness (QED) is 0.462. The maximum absolute atomic E-state index is 11.6. The van der Waals surface area contributed by atoms with Crippen molar-refractivity contribution >= 4 is 21.7 Å². The van der Waals surface area contributed by atoms with E-state index in [1.807, 2.05) is 72.8 Å². The van der Waals surface area contributed by atoms with Gasteiger partial charge in [0.1, 0.15) is 35.0 Å². The summed E-state index contributed by atoms with van der Waals surface area (Å²) >= 11 is 3.59. The van der Waals surface area contributed by atoms with Crippen LogP contribution in [0.5, 0.6) is 11.5 Å². The van der Waals surface area contributed by atoms with Gasteiger partial charge in [0.2, 0.25) is 0 Å². The third-order valence-electron chi connectivity index (χ3n) is 3.99. The molecule has 3 rings (SSSR count). The molecule has 0 radical (unpaired) electrons. The van der Waals surface area contributed by atoms with Crippen LogP contribution in [-0.2, 0) is 24.4 Å². The number of ether oxygens (including phenoxy) is 2. The monoisotopic (exact) mass is 424 g/mol. The fourth-order valence-corrected chi connectivity index (χ4v) is 3.15. The van der Waals surface area contributed by atoms with Gasteiger partial charge >= 0.3 is 0 Å². The largest absolute Gasteiger partial charge is 0.488 e. The number of Topliss-reactive ketones (excluding diaryl/α,β-unsaturated/α-hetero) is 1. The summed E-state index contributed by atoms with van der Waals surface area (Å²) in [7, 11) is 0. The molecule has 27 heavy (non-hydrogen) atoms. The third-order valence-corrected chi connectivity index (χ3v) is 4.77. The highest BCUT2D eigenvalue weighted by atomic mass is 79.9. The maximum Gasteiger partial charge on any atom is 0.138 e. The molecule has 0 atom stereocenters. The van der Waals surface area contributed by atoms with Crippen LogP contribution in [0.2, 0.25) is 0 Å². The van der Waals surface area contributed by atoms with Crippen LogP contribution in [0.3, 0.4) is 0 Å². The zero-order valence-corrected chi connectivity index (χ0v) is 16.7. The van der Waals surface area contributed by atoms with Crippen molar-refractivity contribution in [1.82, 2.24) is 0 Å². The minimum atomic E-state index is 0.0975. The molecule has 0 aromatic heterocycles. The molecule has 3 nitrogen and oxygen atoms in total. The summed E-state index contributed by atoms with van der Waals surface area (Å²) in [5.41, 5.74) is 3.03. The molecule has 0 spiro atoms. The zero-order chi connectivity index (χ0) is 19.1. The van der Waals surface area contributed by atoms with E-state index in [-0.39, 0.29) is 5.78 Å². The van der Waals surface area contributed by atoms with E-state index in [2.05, 4.69) is 15.9 Å². The number of carbonyl (C=O) groups is 1. The van der Waals surface area contributed by atoms with Crippen LogP contribution in [0.4, 0.5) is 0 Å². The van der Waals surface area contributed by atoms with Crippen molar-refractivity contribution in [2.45, 2.75) is 26.6 Å². The summed E-state index contributed by atoms with van der Waals surface area (Å²) in [6.45, 7) is 2.47. The normalized spacial score (nSPS) is 10.4. The molecule has 0 heterocycles. The van der Waals surface area contributed by atoms with Crippen LogP contribution in [0.1, 0.15) is 23.6 Å². The van der Waals surface area contributed by atoms with Gasteiger partial charge in [-0.15, -0.1) is 0 Å². The molecule has 3 aromatic carbocycles. The lowest BCUT2D eigenvalue weighted by Gasteiger charge is -2.15. The van der Waals surface area contributed by atoms with Crippen LogP contribution >= 0.6 is 15.9 Å². The van der Waals surface area contributed by atoms with Crippen LogP contribution in [0.25, 0.3) is 0 Å². The Kier molecular flexibility index (Phi) is 6.66. The Bertz CT molecular complexity index is 828. The Labute approximate surface area is 168 Å². The lowest BCUT2D eigenvalue weighted by Crippen LogP contribution is -2.03. The number of hydrogen-bond acceptors (Lipinski definition) is 3. The van der Waals surface area contributed by atoms with Gasteiger partial charge in [-0.25, -0.2) is 0 Å². The van der Waals surface area contributed by atoms with Crippen molar-refractivity contribution < 1.29 is 14.3 Å². The standard InChI is InChI=1S/C23H21BrO3/c1-17(25)12-20-13-21(26-15-18-8-4-2-5-9-18)23(24)22(14-20)27-16-19-10-6-3-7-11-19/h2-11,13-14H,12,15-16H2,1H3. The minimum Gasteiger partial charge on any atom is -0.488 e. The SMILES string of the molecule is CC(=O)Cc1cc(OCc2ccccc2)c(Br)c(OCc2ccccc2)c1. The first-order chi connectivity index (χ1) is 13.1. The molecule has 0 aliphatic carbocycles. The fraction of sp³-hybridized carbons (Fsp3) is 0.174. The molecule has 3 aromatic rings. The fourth-order valence-electron chi connectivity index (χ4n) is 2.70. The molecular formula is C23H21BrO3. The van der Waals surface area contributed by atoms with Crippen molar-refractivity contribution in [2.75, 3.05) is 0 Å². The van der Waals surface area contributed by atoms with Crippen molar-refractivity contribution in [3.8, 4) is 11.5 Å². The maximum atomic E-state index is 11.6. The molecule has 0 unspecified atom stereocenters. The first kappa shape index (κ1) is 19.2. The van der Waals surface area contributed by atoms with Gasteiger partial charge in [-0.05, 0) is 51.7 Å². The molecular weight excluding hydrogens is 404 g/mol. The summed E-state index contributed by atoms with van der Waals surface area (Å²) in [6, 6.07) is 23.7. The Balaban J connectivity index is 1.81. The average molecular weight is 425 g/mol.